The molecule has 0 aromatic carbocycles. The van der Waals surface area contributed by atoms with Gasteiger partial charge < -0.3 is 5.32 Å². The van der Waals surface area contributed by atoms with E-state index >= 15 is 0 Å². The van der Waals surface area contributed by atoms with E-state index < -0.39 is 10.9 Å². The van der Waals surface area contributed by atoms with Crippen LogP contribution in [0.1, 0.15) is 6.92 Å². The topological polar surface area (TPSA) is 68.1 Å². The first kappa shape index (κ1) is 9.37. The molecule has 0 unspecified atom stereocenters. The van der Waals surface area contributed by atoms with Gasteiger partial charge in [0, 0.05) is 18.7 Å². The van der Waals surface area contributed by atoms with Crippen molar-refractivity contribution in [1.29, 1.82) is 0 Å². The summed E-state index contributed by atoms with van der Waals surface area (Å²) < 4.78 is 12.6. The number of pyridine rings is 1. The highest BCUT2D eigenvalue weighted by Gasteiger charge is 2.14. The number of hydrogen-bond acceptors (Lipinski definition) is 4. The molecule has 5 nitrogen and oxygen atoms in total. The van der Waals surface area contributed by atoms with Crippen LogP contribution in [-0.4, -0.2) is 16.5 Å². The van der Waals surface area contributed by atoms with E-state index in [0.29, 0.717) is 6.54 Å². The van der Waals surface area contributed by atoms with Crippen molar-refractivity contribution in [2.24, 2.45) is 0 Å². The Labute approximate surface area is 73.7 Å². The number of rotatable bonds is 3. The van der Waals surface area contributed by atoms with Crippen molar-refractivity contribution in [3.8, 4) is 0 Å². The Kier molecular flexibility index (Phi) is 2.73. The fourth-order valence-electron chi connectivity index (χ4n) is 0.873. The molecule has 70 valence electrons. The van der Waals surface area contributed by atoms with E-state index in [-0.39, 0.29) is 11.5 Å². The molecule has 13 heavy (non-hydrogen) atoms. The van der Waals surface area contributed by atoms with Crippen LogP contribution in [0.3, 0.4) is 0 Å². The summed E-state index contributed by atoms with van der Waals surface area (Å²) in [5.74, 6) is -0.769. The second kappa shape index (κ2) is 3.79. The van der Waals surface area contributed by atoms with Gasteiger partial charge in [-0.2, -0.15) is 9.37 Å². The molecule has 1 N–H and O–H groups in total. The lowest BCUT2D eigenvalue weighted by atomic mass is 10.4. The minimum Gasteiger partial charge on any atom is -0.365 e. The normalized spacial score (nSPS) is 9.69. The molecule has 0 bridgehead atoms. The Bertz CT molecular complexity index is 330. The van der Waals surface area contributed by atoms with Crippen LogP contribution in [0.25, 0.3) is 0 Å². The second-order valence-corrected chi connectivity index (χ2v) is 2.29. The van der Waals surface area contributed by atoms with Crippen LogP contribution >= 0.6 is 0 Å². The first-order chi connectivity index (χ1) is 6.15. The number of nitro groups is 1. The van der Waals surface area contributed by atoms with Crippen molar-refractivity contribution in [2.45, 2.75) is 6.92 Å². The van der Waals surface area contributed by atoms with Gasteiger partial charge in [-0.3, -0.25) is 10.1 Å². The van der Waals surface area contributed by atoms with Crippen LogP contribution in [0.5, 0.6) is 0 Å². The van der Waals surface area contributed by atoms with Gasteiger partial charge in [0.05, 0.1) is 4.92 Å². The molecular formula is C7H8FN3O2. The van der Waals surface area contributed by atoms with Crippen molar-refractivity contribution in [1.82, 2.24) is 4.98 Å². The minimum absolute atomic E-state index is 0.0347. The molecule has 1 aromatic rings. The molecule has 0 saturated heterocycles. The van der Waals surface area contributed by atoms with E-state index in [1.165, 1.54) is 0 Å². The Morgan fingerprint density at radius 1 is 1.69 bits per heavy atom. The van der Waals surface area contributed by atoms with E-state index in [2.05, 4.69) is 10.3 Å². The quantitative estimate of drug-likeness (QED) is 0.440. The predicted octanol–water partition coefficient (Wildman–Crippen LogP) is 1.56. The Hall–Kier alpha value is -1.72. The summed E-state index contributed by atoms with van der Waals surface area (Å²) >= 11 is 0. The fourth-order valence-corrected chi connectivity index (χ4v) is 0.873. The number of hydrogen-bond donors (Lipinski definition) is 1. The SMILES string of the molecule is CCNc1nc(F)ccc1[N+](=O)[O-]. The van der Waals surface area contributed by atoms with E-state index in [1.54, 1.807) is 6.92 Å². The molecule has 0 fully saturated rings. The fraction of sp³-hybridized carbons (Fsp3) is 0.286. The predicted molar refractivity (Wildman–Crippen MR) is 45.0 cm³/mol. The molecule has 0 spiro atoms. The van der Waals surface area contributed by atoms with E-state index in [1.807, 2.05) is 0 Å². The van der Waals surface area contributed by atoms with Crippen molar-refractivity contribution in [2.75, 3.05) is 11.9 Å². The summed E-state index contributed by atoms with van der Waals surface area (Å²) in [5.41, 5.74) is -0.219. The first-order valence-electron chi connectivity index (χ1n) is 3.70. The molecule has 6 heteroatoms. The highest BCUT2D eigenvalue weighted by molar-refractivity contribution is 5.55. The van der Waals surface area contributed by atoms with Gasteiger partial charge in [0.2, 0.25) is 11.8 Å². The van der Waals surface area contributed by atoms with Gasteiger partial charge in [0.1, 0.15) is 0 Å². The van der Waals surface area contributed by atoms with Gasteiger partial charge in [0.25, 0.3) is 0 Å². The average Bonchev–Trinajstić information content (AvgIpc) is 2.04. The van der Waals surface area contributed by atoms with Crippen molar-refractivity contribution >= 4 is 11.5 Å². The Morgan fingerprint density at radius 3 is 2.92 bits per heavy atom. The molecule has 0 amide bonds. The molecule has 0 saturated carbocycles. The lowest BCUT2D eigenvalue weighted by Gasteiger charge is -2.01. The molecule has 0 aliphatic carbocycles. The van der Waals surface area contributed by atoms with Gasteiger partial charge in [-0.05, 0) is 6.92 Å². The molecular weight excluding hydrogens is 177 g/mol. The van der Waals surface area contributed by atoms with E-state index in [0.717, 1.165) is 12.1 Å². The standard InChI is InChI=1S/C7H8FN3O2/c1-2-9-7-5(11(12)13)3-4-6(8)10-7/h3-4H,2H2,1H3,(H,9,10). The summed E-state index contributed by atoms with van der Waals surface area (Å²) in [7, 11) is 0. The molecule has 1 heterocycles. The Morgan fingerprint density at radius 2 is 2.38 bits per heavy atom. The summed E-state index contributed by atoms with van der Waals surface area (Å²) in [5, 5.41) is 13.0. The number of halogens is 1. The summed E-state index contributed by atoms with van der Waals surface area (Å²) in [6.45, 7) is 2.20. The minimum atomic E-state index is -0.735. The lowest BCUT2D eigenvalue weighted by molar-refractivity contribution is -0.384. The van der Waals surface area contributed by atoms with Crippen LogP contribution in [0, 0.1) is 16.1 Å². The van der Waals surface area contributed by atoms with Crippen LogP contribution in [0.15, 0.2) is 12.1 Å². The smallest absolute Gasteiger partial charge is 0.311 e. The highest BCUT2D eigenvalue weighted by Crippen LogP contribution is 2.20. The molecule has 1 rings (SSSR count). The number of anilines is 1. The third-order valence-corrected chi connectivity index (χ3v) is 1.38. The van der Waals surface area contributed by atoms with Crippen molar-refractivity contribution in [3.05, 3.63) is 28.2 Å². The molecule has 0 atom stereocenters. The van der Waals surface area contributed by atoms with Gasteiger partial charge in [-0.1, -0.05) is 0 Å². The first-order valence-corrected chi connectivity index (χ1v) is 3.70. The van der Waals surface area contributed by atoms with Crippen molar-refractivity contribution < 1.29 is 9.31 Å². The zero-order valence-corrected chi connectivity index (χ0v) is 6.95. The molecule has 0 aliphatic heterocycles. The van der Waals surface area contributed by atoms with E-state index in [4.69, 9.17) is 0 Å². The van der Waals surface area contributed by atoms with Crippen LogP contribution in [0.4, 0.5) is 15.9 Å². The third-order valence-electron chi connectivity index (χ3n) is 1.38. The maximum absolute atomic E-state index is 12.6. The summed E-state index contributed by atoms with van der Waals surface area (Å²) in [6.07, 6.45) is 0. The van der Waals surface area contributed by atoms with E-state index in [9.17, 15) is 14.5 Å². The van der Waals surface area contributed by atoms with Crippen LogP contribution < -0.4 is 5.32 Å². The zero-order chi connectivity index (χ0) is 9.84. The Balaban J connectivity index is 3.10. The monoisotopic (exact) mass is 185 g/mol. The average molecular weight is 185 g/mol. The molecule has 1 aromatic heterocycles. The van der Waals surface area contributed by atoms with Gasteiger partial charge in [-0.25, -0.2) is 0 Å². The van der Waals surface area contributed by atoms with Gasteiger partial charge in [-0.15, -0.1) is 0 Å². The highest BCUT2D eigenvalue weighted by atomic mass is 19.1. The number of aromatic nitrogens is 1. The molecule has 0 radical (unpaired) electrons. The molecule has 0 aliphatic rings. The third kappa shape index (κ3) is 2.11. The number of nitrogens with one attached hydrogen (secondary N) is 1. The summed E-state index contributed by atoms with van der Waals surface area (Å²) in [4.78, 5) is 13.2. The number of nitrogens with zero attached hydrogens (tertiary/aromatic N) is 2. The van der Waals surface area contributed by atoms with Crippen molar-refractivity contribution in [3.63, 3.8) is 0 Å². The van der Waals surface area contributed by atoms with Crippen LogP contribution in [0.2, 0.25) is 0 Å². The lowest BCUT2D eigenvalue weighted by Crippen LogP contribution is -2.04. The largest absolute Gasteiger partial charge is 0.365 e. The van der Waals surface area contributed by atoms with Crippen LogP contribution in [-0.2, 0) is 0 Å². The maximum Gasteiger partial charge on any atom is 0.311 e. The van der Waals surface area contributed by atoms with Gasteiger partial charge in [0.15, 0.2) is 0 Å². The maximum atomic E-state index is 12.6. The second-order valence-electron chi connectivity index (χ2n) is 2.29. The zero-order valence-electron chi connectivity index (χ0n) is 6.95. The summed E-state index contributed by atoms with van der Waals surface area (Å²) in [6, 6.07) is 2.04. The van der Waals surface area contributed by atoms with Gasteiger partial charge >= 0.3 is 5.69 Å².